The van der Waals surface area contributed by atoms with E-state index in [0.29, 0.717) is 0 Å². The van der Waals surface area contributed by atoms with Crippen LogP contribution in [0.4, 0.5) is 10.1 Å². The van der Waals surface area contributed by atoms with Gasteiger partial charge in [0, 0.05) is 6.07 Å². The molecule has 0 amide bonds. The molecule has 4 nitrogen and oxygen atoms in total. The van der Waals surface area contributed by atoms with Gasteiger partial charge >= 0.3 is 0 Å². The van der Waals surface area contributed by atoms with Crippen LogP contribution in [0.1, 0.15) is 12.5 Å². The van der Waals surface area contributed by atoms with E-state index in [2.05, 4.69) is 4.72 Å². The lowest BCUT2D eigenvalue weighted by molar-refractivity contribution is 0.470. The Labute approximate surface area is 127 Å². The Morgan fingerprint density at radius 1 is 1.24 bits per heavy atom. The van der Waals surface area contributed by atoms with Crippen molar-refractivity contribution in [2.75, 3.05) is 4.72 Å². The summed E-state index contributed by atoms with van der Waals surface area (Å²) in [6, 6.07) is 8.04. The van der Waals surface area contributed by atoms with Crippen molar-refractivity contribution in [1.29, 1.82) is 0 Å². The fourth-order valence-corrected chi connectivity index (χ4v) is 2.94. The average molecular weight is 330 g/mol. The summed E-state index contributed by atoms with van der Waals surface area (Å²) in [5.74, 6) is -1.37. The Kier molecular flexibility index (Phi) is 4.39. The standard InChI is InChI=1S/C14H13ClFNO3S/c1-2-9-3-5-10(6-4-9)21(19,20)17-13-7-11(15)14(18)8-12(13)16/h3-8,17-18H,2H2,1H3. The summed E-state index contributed by atoms with van der Waals surface area (Å²) in [4.78, 5) is 0.0169. The lowest BCUT2D eigenvalue weighted by atomic mass is 10.2. The molecule has 2 aromatic carbocycles. The van der Waals surface area contributed by atoms with Crippen LogP contribution in [0, 0.1) is 5.82 Å². The van der Waals surface area contributed by atoms with Gasteiger partial charge in [0.15, 0.2) is 5.82 Å². The van der Waals surface area contributed by atoms with E-state index in [-0.39, 0.29) is 15.6 Å². The molecular formula is C14H13ClFNO3S. The molecule has 0 radical (unpaired) electrons. The van der Waals surface area contributed by atoms with Crippen molar-refractivity contribution >= 4 is 27.3 Å². The van der Waals surface area contributed by atoms with Crippen molar-refractivity contribution in [2.45, 2.75) is 18.2 Å². The van der Waals surface area contributed by atoms with Crippen molar-refractivity contribution in [1.82, 2.24) is 0 Å². The summed E-state index contributed by atoms with van der Waals surface area (Å²) in [6.45, 7) is 1.95. The summed E-state index contributed by atoms with van der Waals surface area (Å²) in [7, 11) is -3.92. The number of aromatic hydroxyl groups is 1. The maximum atomic E-state index is 13.6. The first-order valence-corrected chi connectivity index (χ1v) is 7.99. The van der Waals surface area contributed by atoms with Gasteiger partial charge in [-0.25, -0.2) is 12.8 Å². The first kappa shape index (κ1) is 15.6. The number of nitrogens with one attached hydrogen (secondary N) is 1. The van der Waals surface area contributed by atoms with Gasteiger partial charge < -0.3 is 5.11 Å². The molecule has 0 saturated heterocycles. The van der Waals surface area contributed by atoms with Crippen LogP contribution in [0.15, 0.2) is 41.3 Å². The van der Waals surface area contributed by atoms with Crippen molar-refractivity contribution in [3.05, 3.63) is 52.8 Å². The van der Waals surface area contributed by atoms with E-state index in [1.807, 2.05) is 6.92 Å². The van der Waals surface area contributed by atoms with Crippen LogP contribution < -0.4 is 4.72 Å². The summed E-state index contributed by atoms with van der Waals surface area (Å²) in [5, 5.41) is 9.11. The maximum Gasteiger partial charge on any atom is 0.261 e. The number of anilines is 1. The smallest absolute Gasteiger partial charge is 0.261 e. The molecular weight excluding hydrogens is 317 g/mol. The predicted octanol–water partition coefficient (Wildman–Crippen LogP) is 3.55. The van der Waals surface area contributed by atoms with Crippen LogP contribution in [0.2, 0.25) is 5.02 Å². The summed E-state index contributed by atoms with van der Waals surface area (Å²) < 4.78 is 40.1. The van der Waals surface area contributed by atoms with Crippen LogP contribution in [0.5, 0.6) is 5.75 Å². The van der Waals surface area contributed by atoms with Crippen LogP contribution in [-0.2, 0) is 16.4 Å². The van der Waals surface area contributed by atoms with Gasteiger partial charge in [-0.3, -0.25) is 4.72 Å². The molecule has 0 fully saturated rings. The number of phenols is 1. The van der Waals surface area contributed by atoms with Gasteiger partial charge in [-0.2, -0.15) is 0 Å². The SMILES string of the molecule is CCc1ccc(S(=O)(=O)Nc2cc(Cl)c(O)cc2F)cc1. The summed E-state index contributed by atoms with van der Waals surface area (Å²) in [5.41, 5.74) is 0.671. The minimum atomic E-state index is -3.92. The highest BCUT2D eigenvalue weighted by molar-refractivity contribution is 7.92. The zero-order chi connectivity index (χ0) is 15.6. The van der Waals surface area contributed by atoms with Gasteiger partial charge in [0.05, 0.1) is 15.6 Å². The zero-order valence-electron chi connectivity index (χ0n) is 11.1. The maximum absolute atomic E-state index is 13.6. The first-order chi connectivity index (χ1) is 9.83. The Hall–Kier alpha value is -1.79. The topological polar surface area (TPSA) is 66.4 Å². The summed E-state index contributed by atoms with van der Waals surface area (Å²) in [6.07, 6.45) is 0.788. The van der Waals surface area contributed by atoms with Crippen molar-refractivity contribution in [2.24, 2.45) is 0 Å². The van der Waals surface area contributed by atoms with Crippen LogP contribution >= 0.6 is 11.6 Å². The normalized spacial score (nSPS) is 11.4. The fraction of sp³-hybridized carbons (Fsp3) is 0.143. The van der Waals surface area contributed by atoms with E-state index in [9.17, 15) is 17.9 Å². The van der Waals surface area contributed by atoms with E-state index in [1.165, 1.54) is 12.1 Å². The number of halogens is 2. The van der Waals surface area contributed by atoms with Gasteiger partial charge in [-0.05, 0) is 30.2 Å². The Morgan fingerprint density at radius 3 is 2.43 bits per heavy atom. The van der Waals surface area contributed by atoms with E-state index < -0.39 is 21.6 Å². The Bertz CT molecular complexity index is 761. The molecule has 0 aromatic heterocycles. The molecule has 0 aliphatic carbocycles. The number of phenolic OH excluding ortho intramolecular Hbond substituents is 1. The predicted molar refractivity (Wildman–Crippen MR) is 79.7 cm³/mol. The molecule has 21 heavy (non-hydrogen) atoms. The quantitative estimate of drug-likeness (QED) is 0.843. The molecule has 0 aliphatic rings. The van der Waals surface area contributed by atoms with Gasteiger partial charge in [-0.1, -0.05) is 30.7 Å². The van der Waals surface area contributed by atoms with Crippen LogP contribution in [-0.4, -0.2) is 13.5 Å². The fourth-order valence-electron chi connectivity index (χ4n) is 1.72. The molecule has 0 atom stereocenters. The Balaban J connectivity index is 2.34. The number of hydrogen-bond donors (Lipinski definition) is 2. The highest BCUT2D eigenvalue weighted by Gasteiger charge is 2.17. The van der Waals surface area contributed by atoms with Gasteiger partial charge in [0.2, 0.25) is 0 Å². The van der Waals surface area contributed by atoms with E-state index in [4.69, 9.17) is 11.6 Å². The molecule has 7 heteroatoms. The lowest BCUT2D eigenvalue weighted by Crippen LogP contribution is -2.14. The third kappa shape index (κ3) is 3.46. The van der Waals surface area contributed by atoms with E-state index in [1.54, 1.807) is 12.1 Å². The number of sulfonamides is 1. The molecule has 0 spiro atoms. The average Bonchev–Trinajstić information content (AvgIpc) is 2.44. The molecule has 2 N–H and O–H groups in total. The number of benzene rings is 2. The molecule has 2 rings (SSSR count). The van der Waals surface area contributed by atoms with Crippen LogP contribution in [0.3, 0.4) is 0 Å². The zero-order valence-corrected chi connectivity index (χ0v) is 12.7. The molecule has 2 aromatic rings. The second kappa shape index (κ2) is 5.91. The number of hydrogen-bond acceptors (Lipinski definition) is 3. The van der Waals surface area contributed by atoms with Crippen molar-refractivity contribution in [3.63, 3.8) is 0 Å². The van der Waals surface area contributed by atoms with Crippen molar-refractivity contribution < 1.29 is 17.9 Å². The highest BCUT2D eigenvalue weighted by Crippen LogP contribution is 2.30. The van der Waals surface area contributed by atoms with Gasteiger partial charge in [-0.15, -0.1) is 0 Å². The number of aryl methyl sites for hydroxylation is 1. The monoisotopic (exact) mass is 329 g/mol. The highest BCUT2D eigenvalue weighted by atomic mass is 35.5. The molecule has 112 valence electrons. The molecule has 0 bridgehead atoms. The summed E-state index contributed by atoms with van der Waals surface area (Å²) >= 11 is 5.65. The number of rotatable bonds is 4. The van der Waals surface area contributed by atoms with Gasteiger partial charge in [0.1, 0.15) is 5.75 Å². The van der Waals surface area contributed by atoms with E-state index in [0.717, 1.165) is 24.1 Å². The minimum absolute atomic E-state index is 0.0169. The largest absolute Gasteiger partial charge is 0.506 e. The molecule has 0 heterocycles. The minimum Gasteiger partial charge on any atom is -0.506 e. The van der Waals surface area contributed by atoms with Gasteiger partial charge in [0.25, 0.3) is 10.0 Å². The molecule has 0 aliphatic heterocycles. The molecule has 0 unspecified atom stereocenters. The van der Waals surface area contributed by atoms with Crippen LogP contribution in [0.25, 0.3) is 0 Å². The second-order valence-electron chi connectivity index (χ2n) is 4.39. The lowest BCUT2D eigenvalue weighted by Gasteiger charge is -2.10. The van der Waals surface area contributed by atoms with Crippen molar-refractivity contribution in [3.8, 4) is 5.75 Å². The molecule has 0 saturated carbocycles. The third-order valence-electron chi connectivity index (χ3n) is 2.92. The van der Waals surface area contributed by atoms with E-state index >= 15 is 0 Å². The Morgan fingerprint density at radius 2 is 1.86 bits per heavy atom. The second-order valence-corrected chi connectivity index (χ2v) is 6.48. The first-order valence-electron chi connectivity index (χ1n) is 6.13. The third-order valence-corrected chi connectivity index (χ3v) is 4.61.